The van der Waals surface area contributed by atoms with E-state index >= 15 is 0 Å². The lowest BCUT2D eigenvalue weighted by molar-refractivity contribution is 0.144. The highest BCUT2D eigenvalue weighted by Gasteiger charge is 2.36. The van der Waals surface area contributed by atoms with Crippen molar-refractivity contribution in [2.45, 2.75) is 50.8 Å². The highest BCUT2D eigenvalue weighted by molar-refractivity contribution is 6.17. The lowest BCUT2D eigenvalue weighted by atomic mass is 9.68. The van der Waals surface area contributed by atoms with Crippen LogP contribution >= 0.6 is 11.6 Å². The van der Waals surface area contributed by atoms with Gasteiger partial charge in [-0.2, -0.15) is 0 Å². The standard InChI is InChI=1S/C16H22ClFN2/c17-12-13-4-9-19-15(14(13)18)20-10-7-16(8-11-20)5-2-1-3-6-16/h4,9H,1-3,5-8,10-12H2. The van der Waals surface area contributed by atoms with Gasteiger partial charge >= 0.3 is 0 Å². The van der Waals surface area contributed by atoms with Crippen molar-refractivity contribution in [3.63, 3.8) is 0 Å². The van der Waals surface area contributed by atoms with Crippen LogP contribution in [0.3, 0.4) is 0 Å². The van der Waals surface area contributed by atoms with E-state index in [1.54, 1.807) is 12.3 Å². The van der Waals surface area contributed by atoms with E-state index < -0.39 is 0 Å². The molecule has 2 nitrogen and oxygen atoms in total. The summed E-state index contributed by atoms with van der Waals surface area (Å²) < 4.78 is 14.3. The van der Waals surface area contributed by atoms with Crippen molar-refractivity contribution in [3.05, 3.63) is 23.6 Å². The summed E-state index contributed by atoms with van der Waals surface area (Å²) in [4.78, 5) is 6.34. The maximum Gasteiger partial charge on any atom is 0.170 e. The van der Waals surface area contributed by atoms with Crippen molar-refractivity contribution < 1.29 is 4.39 Å². The second kappa shape index (κ2) is 5.88. The highest BCUT2D eigenvalue weighted by Crippen LogP contribution is 2.45. The molecule has 110 valence electrons. The van der Waals surface area contributed by atoms with Gasteiger partial charge in [-0.3, -0.25) is 0 Å². The fraction of sp³-hybridized carbons (Fsp3) is 0.688. The molecule has 0 amide bonds. The van der Waals surface area contributed by atoms with Crippen LogP contribution in [-0.4, -0.2) is 18.1 Å². The van der Waals surface area contributed by atoms with Crippen LogP contribution in [0.5, 0.6) is 0 Å². The summed E-state index contributed by atoms with van der Waals surface area (Å²) in [5, 5.41) is 0. The molecule has 20 heavy (non-hydrogen) atoms. The van der Waals surface area contributed by atoms with Crippen molar-refractivity contribution in [1.82, 2.24) is 4.98 Å². The summed E-state index contributed by atoms with van der Waals surface area (Å²) in [6.07, 6.45) is 10.9. The van der Waals surface area contributed by atoms with Crippen LogP contribution in [0.15, 0.2) is 12.3 Å². The second-order valence-corrected chi connectivity index (χ2v) is 6.56. The maximum atomic E-state index is 14.3. The van der Waals surface area contributed by atoms with Gasteiger partial charge in [0.1, 0.15) is 0 Å². The summed E-state index contributed by atoms with van der Waals surface area (Å²) >= 11 is 5.77. The minimum Gasteiger partial charge on any atom is -0.354 e. The molecule has 0 N–H and O–H groups in total. The fourth-order valence-corrected chi connectivity index (χ4v) is 4.00. The molecule has 1 aliphatic heterocycles. The van der Waals surface area contributed by atoms with Gasteiger partial charge in [0.25, 0.3) is 0 Å². The van der Waals surface area contributed by atoms with E-state index in [4.69, 9.17) is 11.6 Å². The van der Waals surface area contributed by atoms with E-state index in [0.29, 0.717) is 16.8 Å². The average Bonchev–Trinajstić information content (AvgIpc) is 2.50. The smallest absolute Gasteiger partial charge is 0.170 e. The molecule has 1 aromatic heterocycles. The zero-order chi connectivity index (χ0) is 14.0. The minimum absolute atomic E-state index is 0.207. The number of nitrogens with zero attached hydrogens (tertiary/aromatic N) is 2. The Kier molecular flexibility index (Phi) is 4.16. The van der Waals surface area contributed by atoms with Crippen LogP contribution in [0.2, 0.25) is 0 Å². The molecule has 2 heterocycles. The Bertz CT molecular complexity index is 462. The number of halogens is 2. The number of aromatic nitrogens is 1. The third kappa shape index (κ3) is 2.65. The molecule has 1 saturated heterocycles. The van der Waals surface area contributed by atoms with Crippen molar-refractivity contribution in [3.8, 4) is 0 Å². The van der Waals surface area contributed by atoms with Gasteiger partial charge in [0.15, 0.2) is 11.6 Å². The molecule has 0 aromatic carbocycles. The van der Waals surface area contributed by atoms with E-state index in [2.05, 4.69) is 9.88 Å². The van der Waals surface area contributed by atoms with Gasteiger partial charge in [0, 0.05) is 24.8 Å². The van der Waals surface area contributed by atoms with Crippen LogP contribution in [0, 0.1) is 11.2 Å². The second-order valence-electron chi connectivity index (χ2n) is 6.29. The normalized spacial score (nSPS) is 22.2. The van der Waals surface area contributed by atoms with Crippen molar-refractivity contribution in [2.75, 3.05) is 18.0 Å². The quantitative estimate of drug-likeness (QED) is 0.747. The van der Waals surface area contributed by atoms with Gasteiger partial charge < -0.3 is 4.90 Å². The van der Waals surface area contributed by atoms with Crippen LogP contribution in [0.25, 0.3) is 0 Å². The summed E-state index contributed by atoms with van der Waals surface area (Å²) in [6, 6.07) is 1.67. The molecule has 1 saturated carbocycles. The molecule has 1 spiro atoms. The largest absolute Gasteiger partial charge is 0.354 e. The summed E-state index contributed by atoms with van der Waals surface area (Å²) in [5.74, 6) is 0.468. The first-order valence-corrected chi connectivity index (χ1v) is 8.22. The SMILES string of the molecule is Fc1c(CCl)ccnc1N1CCC2(CCCCC2)CC1. The van der Waals surface area contributed by atoms with Gasteiger partial charge in [0.05, 0.1) is 5.88 Å². The third-order valence-electron chi connectivity index (χ3n) is 5.13. The van der Waals surface area contributed by atoms with E-state index in [1.165, 1.54) is 44.9 Å². The van der Waals surface area contributed by atoms with Crippen LogP contribution in [-0.2, 0) is 5.88 Å². The van der Waals surface area contributed by atoms with Crippen LogP contribution in [0.1, 0.15) is 50.5 Å². The fourth-order valence-electron chi connectivity index (χ4n) is 3.79. The Morgan fingerprint density at radius 2 is 1.85 bits per heavy atom. The first-order valence-electron chi connectivity index (χ1n) is 7.68. The third-order valence-corrected chi connectivity index (χ3v) is 5.42. The number of hydrogen-bond acceptors (Lipinski definition) is 2. The molecule has 2 fully saturated rings. The molecular weight excluding hydrogens is 275 g/mol. The molecular formula is C16H22ClFN2. The highest BCUT2D eigenvalue weighted by atomic mass is 35.5. The number of hydrogen-bond donors (Lipinski definition) is 0. The van der Waals surface area contributed by atoms with Crippen LogP contribution in [0.4, 0.5) is 10.2 Å². The number of anilines is 1. The predicted octanol–water partition coefficient (Wildman–Crippen LogP) is 4.51. The molecule has 0 atom stereocenters. The zero-order valence-corrected chi connectivity index (χ0v) is 12.6. The van der Waals surface area contributed by atoms with E-state index in [-0.39, 0.29) is 11.7 Å². The first kappa shape index (κ1) is 14.1. The van der Waals surface area contributed by atoms with Gasteiger partial charge in [-0.1, -0.05) is 19.3 Å². The Morgan fingerprint density at radius 1 is 1.15 bits per heavy atom. The molecule has 1 aromatic rings. The summed E-state index contributed by atoms with van der Waals surface area (Å²) in [7, 11) is 0. The van der Waals surface area contributed by atoms with E-state index in [1.807, 2.05) is 0 Å². The first-order chi connectivity index (χ1) is 9.74. The topological polar surface area (TPSA) is 16.1 Å². The lowest BCUT2D eigenvalue weighted by Gasteiger charge is -2.44. The Hall–Kier alpha value is -0.830. The predicted molar refractivity (Wildman–Crippen MR) is 80.7 cm³/mol. The van der Waals surface area contributed by atoms with Crippen molar-refractivity contribution >= 4 is 17.4 Å². The average molecular weight is 297 g/mol. The molecule has 4 heteroatoms. The molecule has 0 bridgehead atoms. The lowest BCUT2D eigenvalue weighted by Crippen LogP contribution is -2.41. The maximum absolute atomic E-state index is 14.3. The van der Waals surface area contributed by atoms with Crippen molar-refractivity contribution in [1.29, 1.82) is 0 Å². The molecule has 2 aliphatic rings. The zero-order valence-electron chi connectivity index (χ0n) is 11.9. The molecule has 0 radical (unpaired) electrons. The van der Waals surface area contributed by atoms with Crippen molar-refractivity contribution in [2.24, 2.45) is 5.41 Å². The Morgan fingerprint density at radius 3 is 2.50 bits per heavy atom. The monoisotopic (exact) mass is 296 g/mol. The summed E-state index contributed by atoms with van der Waals surface area (Å²) in [6.45, 7) is 1.85. The van der Waals surface area contributed by atoms with Gasteiger partial charge in [-0.15, -0.1) is 11.6 Å². The van der Waals surface area contributed by atoms with E-state index in [9.17, 15) is 4.39 Å². The Balaban J connectivity index is 1.72. The number of rotatable bonds is 2. The van der Waals surface area contributed by atoms with Gasteiger partial charge in [-0.05, 0) is 37.2 Å². The van der Waals surface area contributed by atoms with E-state index in [0.717, 1.165) is 13.1 Å². The number of alkyl halides is 1. The number of piperidine rings is 1. The molecule has 3 rings (SSSR count). The molecule has 1 aliphatic carbocycles. The Labute approximate surface area is 125 Å². The van der Waals surface area contributed by atoms with Crippen LogP contribution < -0.4 is 4.90 Å². The van der Waals surface area contributed by atoms with Gasteiger partial charge in [-0.25, -0.2) is 9.37 Å². The summed E-state index contributed by atoms with van der Waals surface area (Å²) in [5.41, 5.74) is 1.09. The number of pyridine rings is 1. The molecule has 0 unspecified atom stereocenters. The minimum atomic E-state index is -0.234. The van der Waals surface area contributed by atoms with Gasteiger partial charge in [0.2, 0.25) is 0 Å².